The van der Waals surface area contributed by atoms with Crippen LogP contribution in [-0.2, 0) is 13.2 Å². The highest BCUT2D eigenvalue weighted by atomic mass is 79.9. The second-order valence-corrected chi connectivity index (χ2v) is 5.45. The molecule has 2 N–H and O–H groups in total. The Kier molecular flexibility index (Phi) is 4.74. The van der Waals surface area contributed by atoms with Crippen molar-refractivity contribution >= 4 is 31.9 Å². The lowest BCUT2D eigenvalue weighted by molar-refractivity contribution is 0.301. The van der Waals surface area contributed by atoms with Crippen LogP contribution in [0.1, 0.15) is 11.1 Å². The topological polar surface area (TPSA) is 48.1 Å². The van der Waals surface area contributed by atoms with Crippen molar-refractivity contribution in [3.8, 4) is 5.75 Å². The van der Waals surface area contributed by atoms with Crippen molar-refractivity contribution in [1.82, 2.24) is 4.98 Å². The summed E-state index contributed by atoms with van der Waals surface area (Å²) < 4.78 is 7.56. The molecule has 0 aliphatic carbocycles. The van der Waals surface area contributed by atoms with Crippen molar-refractivity contribution in [1.29, 1.82) is 0 Å². The summed E-state index contributed by atoms with van der Waals surface area (Å²) in [7, 11) is 0. The van der Waals surface area contributed by atoms with Gasteiger partial charge in [0.05, 0.1) is 8.95 Å². The van der Waals surface area contributed by atoms with Gasteiger partial charge in [-0.15, -0.1) is 0 Å². The molecule has 1 aromatic heterocycles. The van der Waals surface area contributed by atoms with Gasteiger partial charge in [-0.05, 0) is 55.6 Å². The lowest BCUT2D eigenvalue weighted by atomic mass is 10.2. The molecule has 1 aromatic carbocycles. The first-order chi connectivity index (χ1) is 8.70. The van der Waals surface area contributed by atoms with Crippen molar-refractivity contribution < 1.29 is 4.74 Å². The van der Waals surface area contributed by atoms with E-state index >= 15 is 0 Å². The molecule has 2 rings (SSSR count). The van der Waals surface area contributed by atoms with Gasteiger partial charge >= 0.3 is 0 Å². The van der Waals surface area contributed by atoms with Gasteiger partial charge in [0.15, 0.2) is 0 Å². The molecule has 0 unspecified atom stereocenters. The highest BCUT2D eigenvalue weighted by Crippen LogP contribution is 2.35. The summed E-state index contributed by atoms with van der Waals surface area (Å²) in [6.45, 7) is 0.979. The number of pyridine rings is 1. The van der Waals surface area contributed by atoms with Gasteiger partial charge in [-0.3, -0.25) is 4.98 Å². The summed E-state index contributed by atoms with van der Waals surface area (Å²) in [5, 5.41) is 0. The molecule has 0 radical (unpaired) electrons. The van der Waals surface area contributed by atoms with Crippen LogP contribution >= 0.6 is 31.9 Å². The summed E-state index contributed by atoms with van der Waals surface area (Å²) in [4.78, 5) is 4.05. The second kappa shape index (κ2) is 6.31. The van der Waals surface area contributed by atoms with Crippen LogP contribution in [0.4, 0.5) is 0 Å². The Morgan fingerprint density at radius 3 is 2.44 bits per heavy atom. The Morgan fingerprint density at radius 2 is 1.89 bits per heavy atom. The summed E-state index contributed by atoms with van der Waals surface area (Å²) in [5.41, 5.74) is 7.68. The second-order valence-electron chi connectivity index (χ2n) is 3.74. The van der Waals surface area contributed by atoms with E-state index in [9.17, 15) is 0 Å². The summed E-state index contributed by atoms with van der Waals surface area (Å²) >= 11 is 6.97. The minimum Gasteiger partial charge on any atom is -0.486 e. The first-order valence-electron chi connectivity index (χ1n) is 5.40. The molecule has 0 saturated heterocycles. The lowest BCUT2D eigenvalue weighted by Gasteiger charge is -2.11. The largest absolute Gasteiger partial charge is 0.486 e. The van der Waals surface area contributed by atoms with E-state index < -0.39 is 0 Å². The summed E-state index contributed by atoms with van der Waals surface area (Å²) in [6.07, 6.45) is 3.53. The summed E-state index contributed by atoms with van der Waals surface area (Å²) in [5.74, 6) is 0.774. The van der Waals surface area contributed by atoms with E-state index in [-0.39, 0.29) is 0 Å². The minimum atomic E-state index is 0.479. The zero-order valence-electron chi connectivity index (χ0n) is 9.57. The van der Waals surface area contributed by atoms with Gasteiger partial charge in [0.25, 0.3) is 0 Å². The fourth-order valence-corrected chi connectivity index (χ4v) is 3.02. The van der Waals surface area contributed by atoms with Crippen LogP contribution in [0, 0.1) is 0 Å². The SMILES string of the molecule is NCc1cc(Br)c(OCc2cccnc2)c(Br)c1. The molecule has 0 aliphatic heterocycles. The Bertz CT molecular complexity index is 509. The Balaban J connectivity index is 2.15. The van der Waals surface area contributed by atoms with E-state index in [0.717, 1.165) is 25.8 Å². The van der Waals surface area contributed by atoms with Gasteiger partial charge in [0.2, 0.25) is 0 Å². The third-order valence-electron chi connectivity index (χ3n) is 2.40. The normalized spacial score (nSPS) is 10.4. The number of rotatable bonds is 4. The highest BCUT2D eigenvalue weighted by molar-refractivity contribution is 9.11. The molecule has 18 heavy (non-hydrogen) atoms. The maximum Gasteiger partial charge on any atom is 0.148 e. The Morgan fingerprint density at radius 1 is 1.17 bits per heavy atom. The smallest absolute Gasteiger partial charge is 0.148 e. The van der Waals surface area contributed by atoms with Crippen LogP contribution in [0.25, 0.3) is 0 Å². The molecule has 2 aromatic rings. The van der Waals surface area contributed by atoms with Crippen molar-refractivity contribution in [3.05, 3.63) is 56.7 Å². The number of hydrogen-bond acceptors (Lipinski definition) is 3. The average Bonchev–Trinajstić information content (AvgIpc) is 2.38. The standard InChI is InChI=1S/C13H12Br2N2O/c14-11-4-10(6-16)5-12(15)13(11)18-8-9-2-1-3-17-7-9/h1-5,7H,6,8,16H2. The molecule has 0 saturated carbocycles. The fraction of sp³-hybridized carbons (Fsp3) is 0.154. The maximum atomic E-state index is 5.78. The molecule has 1 heterocycles. The first kappa shape index (κ1) is 13.5. The molecule has 0 bridgehead atoms. The molecule has 5 heteroatoms. The number of nitrogens with two attached hydrogens (primary N) is 1. The molecule has 0 spiro atoms. The van der Waals surface area contributed by atoms with Crippen LogP contribution in [0.5, 0.6) is 5.75 Å². The Labute approximate surface area is 123 Å². The van der Waals surface area contributed by atoms with E-state index in [2.05, 4.69) is 36.8 Å². The molecule has 0 fully saturated rings. The first-order valence-corrected chi connectivity index (χ1v) is 6.99. The molecular weight excluding hydrogens is 360 g/mol. The van der Waals surface area contributed by atoms with Crippen LogP contribution in [-0.4, -0.2) is 4.98 Å². The van der Waals surface area contributed by atoms with Gasteiger partial charge < -0.3 is 10.5 Å². The molecule has 0 amide bonds. The van der Waals surface area contributed by atoms with E-state index in [0.29, 0.717) is 13.2 Å². The molecular formula is C13H12Br2N2O. The number of benzene rings is 1. The zero-order valence-corrected chi connectivity index (χ0v) is 12.7. The molecule has 0 aliphatic rings. The number of hydrogen-bond donors (Lipinski definition) is 1. The van der Waals surface area contributed by atoms with E-state index in [1.165, 1.54) is 0 Å². The molecule has 3 nitrogen and oxygen atoms in total. The van der Waals surface area contributed by atoms with Crippen molar-refractivity contribution in [3.63, 3.8) is 0 Å². The Hall–Kier alpha value is -0.910. The lowest BCUT2D eigenvalue weighted by Crippen LogP contribution is -2.00. The quantitative estimate of drug-likeness (QED) is 0.892. The fourth-order valence-electron chi connectivity index (χ4n) is 1.51. The van der Waals surface area contributed by atoms with Gasteiger partial charge in [0.1, 0.15) is 12.4 Å². The predicted octanol–water partition coefficient (Wildman–Crippen LogP) is 3.64. The maximum absolute atomic E-state index is 5.78. The molecule has 94 valence electrons. The minimum absolute atomic E-state index is 0.479. The van der Waals surface area contributed by atoms with Gasteiger partial charge in [-0.25, -0.2) is 0 Å². The third-order valence-corrected chi connectivity index (χ3v) is 3.58. The number of nitrogens with zero attached hydrogens (tertiary/aromatic N) is 1. The van der Waals surface area contributed by atoms with Crippen LogP contribution in [0.3, 0.4) is 0 Å². The van der Waals surface area contributed by atoms with Crippen LogP contribution in [0.2, 0.25) is 0 Å². The summed E-state index contributed by atoms with van der Waals surface area (Å²) in [6, 6.07) is 7.79. The predicted molar refractivity (Wildman–Crippen MR) is 78.3 cm³/mol. The van der Waals surface area contributed by atoms with Gasteiger partial charge in [-0.1, -0.05) is 6.07 Å². The van der Waals surface area contributed by atoms with Crippen molar-refractivity contribution in [2.24, 2.45) is 5.73 Å². The number of ether oxygens (including phenoxy) is 1. The monoisotopic (exact) mass is 370 g/mol. The number of halogens is 2. The van der Waals surface area contributed by atoms with Gasteiger partial charge in [-0.2, -0.15) is 0 Å². The van der Waals surface area contributed by atoms with Crippen molar-refractivity contribution in [2.45, 2.75) is 13.2 Å². The van der Waals surface area contributed by atoms with Gasteiger partial charge in [0, 0.05) is 24.5 Å². The van der Waals surface area contributed by atoms with E-state index in [1.54, 1.807) is 12.4 Å². The zero-order chi connectivity index (χ0) is 13.0. The molecule has 0 atom stereocenters. The highest BCUT2D eigenvalue weighted by Gasteiger charge is 2.08. The third kappa shape index (κ3) is 3.31. The van der Waals surface area contributed by atoms with E-state index in [4.69, 9.17) is 10.5 Å². The van der Waals surface area contributed by atoms with Crippen LogP contribution in [0.15, 0.2) is 45.6 Å². The van der Waals surface area contributed by atoms with Crippen LogP contribution < -0.4 is 10.5 Å². The van der Waals surface area contributed by atoms with Crippen molar-refractivity contribution in [2.75, 3.05) is 0 Å². The number of aromatic nitrogens is 1. The average molecular weight is 372 g/mol. The van der Waals surface area contributed by atoms with E-state index in [1.807, 2.05) is 24.3 Å².